The predicted octanol–water partition coefficient (Wildman–Crippen LogP) is 0.798. The van der Waals surface area contributed by atoms with Gasteiger partial charge in [0.1, 0.15) is 5.69 Å². The Kier molecular flexibility index (Phi) is 5.38. The summed E-state index contributed by atoms with van der Waals surface area (Å²) in [4.78, 5) is 23.0. The molecular weight excluding hydrogens is 354 g/mol. The number of rotatable bonds is 5. The molecule has 1 amide bonds. The summed E-state index contributed by atoms with van der Waals surface area (Å²) in [6.07, 6.45) is 6.87. The molecule has 1 atom stereocenters. The first-order chi connectivity index (χ1) is 12.3. The first-order valence-electron chi connectivity index (χ1n) is 8.48. The second-order valence-electron chi connectivity index (χ2n) is 6.70. The van der Waals surface area contributed by atoms with Gasteiger partial charge in [-0.2, -0.15) is 0 Å². The maximum absolute atomic E-state index is 12.9. The number of nitrogens with one attached hydrogen (secondary N) is 1. The Morgan fingerprint density at radius 2 is 2.12 bits per heavy atom. The van der Waals surface area contributed by atoms with Crippen molar-refractivity contribution in [2.24, 2.45) is 5.92 Å². The minimum Gasteiger partial charge on any atom is -0.349 e. The summed E-state index contributed by atoms with van der Waals surface area (Å²) < 4.78 is 27.2. The Hall–Kier alpha value is -2.26. The molecule has 0 fully saturated rings. The first-order valence-corrected chi connectivity index (χ1v) is 10.4. The van der Waals surface area contributed by atoms with Gasteiger partial charge in [-0.1, -0.05) is 0 Å². The van der Waals surface area contributed by atoms with E-state index in [4.69, 9.17) is 0 Å². The second-order valence-corrected chi connectivity index (χ2v) is 8.53. The SMILES string of the molecule is Cc1cnc(C(=O)N2Cc3cccn3CC(CCNS(C)(=O)=O)C2)cn1. The van der Waals surface area contributed by atoms with E-state index in [9.17, 15) is 13.2 Å². The molecule has 0 bridgehead atoms. The summed E-state index contributed by atoms with van der Waals surface area (Å²) in [7, 11) is -3.22. The molecule has 2 aromatic rings. The van der Waals surface area contributed by atoms with Crippen LogP contribution in [0.5, 0.6) is 0 Å². The minimum atomic E-state index is -3.22. The van der Waals surface area contributed by atoms with Crippen LogP contribution in [0.15, 0.2) is 30.7 Å². The van der Waals surface area contributed by atoms with Crippen LogP contribution < -0.4 is 4.72 Å². The normalized spacial score (nSPS) is 17.6. The van der Waals surface area contributed by atoms with Crippen LogP contribution in [-0.2, 0) is 23.1 Å². The van der Waals surface area contributed by atoms with Gasteiger partial charge in [0.2, 0.25) is 10.0 Å². The van der Waals surface area contributed by atoms with E-state index in [-0.39, 0.29) is 11.8 Å². The molecule has 0 aromatic carbocycles. The minimum absolute atomic E-state index is 0.139. The number of fused-ring (bicyclic) bond motifs is 1. The van der Waals surface area contributed by atoms with E-state index in [2.05, 4.69) is 19.3 Å². The standard InChI is InChI=1S/C17H23N5O3S/c1-13-8-19-16(9-18-13)17(23)22-11-14(5-6-20-26(2,24)25)10-21-7-3-4-15(21)12-22/h3-4,7-9,14,20H,5-6,10-12H2,1-2H3. The average molecular weight is 377 g/mol. The van der Waals surface area contributed by atoms with Crippen molar-refractivity contribution < 1.29 is 13.2 Å². The highest BCUT2D eigenvalue weighted by Crippen LogP contribution is 2.20. The van der Waals surface area contributed by atoms with Gasteiger partial charge in [0.05, 0.1) is 24.7 Å². The molecular formula is C17H23N5O3S. The molecule has 0 radical (unpaired) electrons. The highest BCUT2D eigenvalue weighted by atomic mass is 32.2. The largest absolute Gasteiger partial charge is 0.349 e. The van der Waals surface area contributed by atoms with Crippen LogP contribution in [0.2, 0.25) is 0 Å². The number of aromatic nitrogens is 3. The summed E-state index contributed by atoms with van der Waals surface area (Å²) in [6, 6.07) is 3.96. The van der Waals surface area contributed by atoms with Crippen LogP contribution in [0.1, 0.15) is 28.3 Å². The van der Waals surface area contributed by atoms with Crippen molar-refractivity contribution in [2.45, 2.75) is 26.4 Å². The second kappa shape index (κ2) is 7.55. The molecule has 3 heterocycles. The zero-order valence-electron chi connectivity index (χ0n) is 14.9. The summed E-state index contributed by atoms with van der Waals surface area (Å²) in [5.74, 6) is -0.0199. The highest BCUT2D eigenvalue weighted by molar-refractivity contribution is 7.88. The molecule has 26 heavy (non-hydrogen) atoms. The fraction of sp³-hybridized carbons (Fsp3) is 0.471. The summed E-state index contributed by atoms with van der Waals surface area (Å²) in [5.41, 5.74) is 2.14. The summed E-state index contributed by atoms with van der Waals surface area (Å²) in [5, 5.41) is 0. The van der Waals surface area contributed by atoms with Crippen LogP contribution in [0.25, 0.3) is 0 Å². The third-order valence-electron chi connectivity index (χ3n) is 4.41. The van der Waals surface area contributed by atoms with Crippen molar-refractivity contribution in [1.82, 2.24) is 24.2 Å². The van der Waals surface area contributed by atoms with Crippen LogP contribution in [0.3, 0.4) is 0 Å². The molecule has 1 N–H and O–H groups in total. The molecule has 8 nitrogen and oxygen atoms in total. The topological polar surface area (TPSA) is 97.2 Å². The Bertz CT molecular complexity index is 876. The van der Waals surface area contributed by atoms with Crippen molar-refractivity contribution in [3.8, 4) is 0 Å². The van der Waals surface area contributed by atoms with E-state index < -0.39 is 10.0 Å². The van der Waals surface area contributed by atoms with Crippen molar-refractivity contribution >= 4 is 15.9 Å². The molecule has 1 aliphatic heterocycles. The van der Waals surface area contributed by atoms with Gasteiger partial charge < -0.3 is 9.47 Å². The molecule has 2 aromatic heterocycles. The number of carbonyl (C=O) groups excluding carboxylic acids is 1. The van der Waals surface area contributed by atoms with Gasteiger partial charge >= 0.3 is 0 Å². The quantitative estimate of drug-likeness (QED) is 0.831. The zero-order chi connectivity index (χ0) is 18.7. The van der Waals surface area contributed by atoms with Crippen LogP contribution in [0.4, 0.5) is 0 Å². The third kappa shape index (κ3) is 4.67. The van der Waals surface area contributed by atoms with E-state index in [1.165, 1.54) is 6.20 Å². The van der Waals surface area contributed by atoms with Crippen LogP contribution in [-0.4, -0.2) is 53.1 Å². The van der Waals surface area contributed by atoms with Gasteiger partial charge in [0, 0.05) is 37.7 Å². The predicted molar refractivity (Wildman–Crippen MR) is 96.9 cm³/mol. The van der Waals surface area contributed by atoms with Crippen molar-refractivity contribution in [1.29, 1.82) is 0 Å². The number of hydrogen-bond acceptors (Lipinski definition) is 5. The zero-order valence-corrected chi connectivity index (χ0v) is 15.7. The molecule has 1 unspecified atom stereocenters. The van der Waals surface area contributed by atoms with Crippen LogP contribution in [0, 0.1) is 12.8 Å². The monoisotopic (exact) mass is 377 g/mol. The lowest BCUT2D eigenvalue weighted by atomic mass is 10.1. The number of amides is 1. The molecule has 0 aliphatic carbocycles. The highest BCUT2D eigenvalue weighted by Gasteiger charge is 2.26. The van der Waals surface area contributed by atoms with E-state index in [0.29, 0.717) is 31.7 Å². The molecule has 9 heteroatoms. The van der Waals surface area contributed by atoms with Gasteiger partial charge in [0.25, 0.3) is 5.91 Å². The Morgan fingerprint density at radius 1 is 1.31 bits per heavy atom. The van der Waals surface area contributed by atoms with Gasteiger partial charge in [-0.05, 0) is 31.4 Å². The molecule has 3 rings (SSSR count). The lowest BCUT2D eigenvalue weighted by molar-refractivity contribution is 0.0712. The Balaban J connectivity index is 1.76. The molecule has 0 spiro atoms. The maximum atomic E-state index is 12.9. The Labute approximate surface area is 153 Å². The number of hydrogen-bond donors (Lipinski definition) is 1. The van der Waals surface area contributed by atoms with Crippen molar-refractivity contribution in [2.75, 3.05) is 19.3 Å². The maximum Gasteiger partial charge on any atom is 0.274 e. The fourth-order valence-corrected chi connectivity index (χ4v) is 3.62. The van der Waals surface area contributed by atoms with E-state index in [0.717, 1.165) is 24.2 Å². The summed E-state index contributed by atoms with van der Waals surface area (Å²) >= 11 is 0. The van der Waals surface area contributed by atoms with Gasteiger partial charge in [0.15, 0.2) is 0 Å². The smallest absolute Gasteiger partial charge is 0.274 e. The molecule has 1 aliphatic rings. The molecule has 0 saturated carbocycles. The van der Waals surface area contributed by atoms with Crippen LogP contribution >= 0.6 is 0 Å². The van der Waals surface area contributed by atoms with Crippen molar-refractivity contribution in [3.05, 3.63) is 47.8 Å². The number of sulfonamides is 1. The van der Waals surface area contributed by atoms with Gasteiger partial charge in [-0.3, -0.25) is 9.78 Å². The number of carbonyl (C=O) groups is 1. The average Bonchev–Trinajstić information content (AvgIpc) is 2.92. The van der Waals surface area contributed by atoms with E-state index in [1.807, 2.05) is 25.3 Å². The molecule has 140 valence electrons. The van der Waals surface area contributed by atoms with Gasteiger partial charge in [-0.25, -0.2) is 18.1 Å². The summed E-state index contributed by atoms with van der Waals surface area (Å²) in [6.45, 7) is 3.97. The number of nitrogens with zero attached hydrogens (tertiary/aromatic N) is 4. The van der Waals surface area contributed by atoms with E-state index in [1.54, 1.807) is 11.1 Å². The third-order valence-corrected chi connectivity index (χ3v) is 5.14. The first kappa shape index (κ1) is 18.5. The Morgan fingerprint density at radius 3 is 2.81 bits per heavy atom. The fourth-order valence-electron chi connectivity index (χ4n) is 3.13. The van der Waals surface area contributed by atoms with E-state index >= 15 is 0 Å². The lowest BCUT2D eigenvalue weighted by Crippen LogP contribution is -2.35. The molecule has 0 saturated heterocycles. The van der Waals surface area contributed by atoms with Crippen molar-refractivity contribution in [3.63, 3.8) is 0 Å². The lowest BCUT2D eigenvalue weighted by Gasteiger charge is -2.24. The van der Waals surface area contributed by atoms with Gasteiger partial charge in [-0.15, -0.1) is 0 Å². The number of aryl methyl sites for hydroxylation is 1.